The number of thiophene rings is 1. The Balaban J connectivity index is 2.21. The van der Waals surface area contributed by atoms with Crippen LogP contribution in [0.25, 0.3) is 0 Å². The Morgan fingerprint density at radius 2 is 1.95 bits per heavy atom. The second kappa shape index (κ2) is 6.54. The number of rotatable bonds is 5. The summed E-state index contributed by atoms with van der Waals surface area (Å²) in [7, 11) is 0. The molecule has 1 aromatic carbocycles. The monoisotopic (exact) mass is 302 g/mol. The Kier molecular flexibility index (Phi) is 4.75. The fraction of sp³-hybridized carbons (Fsp3) is 0.250. The van der Waals surface area contributed by atoms with Crippen LogP contribution < -0.4 is 11.1 Å². The Morgan fingerprint density at radius 3 is 2.48 bits per heavy atom. The first-order chi connectivity index (χ1) is 10.0. The molecule has 1 heterocycles. The molecule has 21 heavy (non-hydrogen) atoms. The van der Waals surface area contributed by atoms with E-state index in [4.69, 9.17) is 5.73 Å². The van der Waals surface area contributed by atoms with Crippen molar-refractivity contribution in [2.75, 3.05) is 0 Å². The summed E-state index contributed by atoms with van der Waals surface area (Å²) in [6, 6.07) is 10.1. The minimum atomic E-state index is -0.814. The lowest BCUT2D eigenvalue weighted by Gasteiger charge is -2.15. The zero-order valence-corrected chi connectivity index (χ0v) is 12.9. The highest BCUT2D eigenvalue weighted by Crippen LogP contribution is 2.23. The Hall–Kier alpha value is -2.14. The van der Waals surface area contributed by atoms with Crippen LogP contribution >= 0.6 is 11.3 Å². The predicted molar refractivity (Wildman–Crippen MR) is 84.3 cm³/mol. The molecular weight excluding hydrogens is 284 g/mol. The zero-order valence-electron chi connectivity index (χ0n) is 12.1. The number of amides is 2. The summed E-state index contributed by atoms with van der Waals surface area (Å²) in [5.74, 6) is -0.839. The molecular formula is C16H18N2O2S. The van der Waals surface area contributed by atoms with E-state index in [1.54, 1.807) is 12.1 Å². The molecule has 0 saturated carbocycles. The molecule has 3 N–H and O–H groups in total. The van der Waals surface area contributed by atoms with Gasteiger partial charge in [0.1, 0.15) is 6.04 Å². The van der Waals surface area contributed by atoms with Crippen molar-refractivity contribution in [1.29, 1.82) is 0 Å². The van der Waals surface area contributed by atoms with Crippen LogP contribution in [0.1, 0.15) is 38.6 Å². The average molecular weight is 302 g/mol. The average Bonchev–Trinajstić information content (AvgIpc) is 2.86. The lowest BCUT2D eigenvalue weighted by atomic mass is 10.1. The number of nitrogens with one attached hydrogen (secondary N) is 1. The fourth-order valence-corrected chi connectivity index (χ4v) is 3.17. The van der Waals surface area contributed by atoms with Gasteiger partial charge in [0, 0.05) is 4.88 Å². The number of aryl methyl sites for hydroxylation is 2. The van der Waals surface area contributed by atoms with E-state index in [-0.39, 0.29) is 5.91 Å². The van der Waals surface area contributed by atoms with Crippen molar-refractivity contribution in [1.82, 2.24) is 5.32 Å². The first kappa shape index (κ1) is 15.3. The van der Waals surface area contributed by atoms with Gasteiger partial charge in [0.15, 0.2) is 0 Å². The van der Waals surface area contributed by atoms with Crippen molar-refractivity contribution in [3.63, 3.8) is 0 Å². The van der Waals surface area contributed by atoms with E-state index in [2.05, 4.69) is 5.32 Å². The molecule has 2 aromatic rings. The van der Waals surface area contributed by atoms with Crippen LogP contribution in [0.2, 0.25) is 0 Å². The molecule has 0 aliphatic heterocycles. The molecule has 0 unspecified atom stereocenters. The van der Waals surface area contributed by atoms with E-state index in [9.17, 15) is 9.59 Å². The molecule has 1 aromatic heterocycles. The third-order valence-corrected chi connectivity index (χ3v) is 4.41. The van der Waals surface area contributed by atoms with Crippen LogP contribution in [0.4, 0.5) is 0 Å². The van der Waals surface area contributed by atoms with E-state index in [0.29, 0.717) is 10.4 Å². The minimum absolute atomic E-state index is 0.268. The third kappa shape index (κ3) is 3.49. The van der Waals surface area contributed by atoms with Crippen molar-refractivity contribution in [3.8, 4) is 0 Å². The minimum Gasteiger partial charge on any atom is -0.368 e. The summed E-state index contributed by atoms with van der Waals surface area (Å²) in [6.07, 6.45) is 0.882. The van der Waals surface area contributed by atoms with Gasteiger partial charge >= 0.3 is 0 Å². The molecule has 0 aliphatic rings. The van der Waals surface area contributed by atoms with E-state index in [1.165, 1.54) is 11.3 Å². The predicted octanol–water partition coefficient (Wildman–Crippen LogP) is 2.58. The molecule has 4 nitrogen and oxygen atoms in total. The highest BCUT2D eigenvalue weighted by Gasteiger charge is 2.22. The van der Waals surface area contributed by atoms with Crippen LogP contribution in [-0.2, 0) is 11.2 Å². The molecule has 0 bridgehead atoms. The fourth-order valence-electron chi connectivity index (χ4n) is 2.15. The van der Waals surface area contributed by atoms with E-state index in [0.717, 1.165) is 16.9 Å². The number of primary amides is 1. The van der Waals surface area contributed by atoms with Gasteiger partial charge in [-0.25, -0.2) is 0 Å². The van der Waals surface area contributed by atoms with E-state index < -0.39 is 11.9 Å². The highest BCUT2D eigenvalue weighted by molar-refractivity contribution is 7.14. The van der Waals surface area contributed by atoms with Gasteiger partial charge in [0.25, 0.3) is 5.91 Å². The van der Waals surface area contributed by atoms with Crippen molar-refractivity contribution < 1.29 is 9.59 Å². The van der Waals surface area contributed by atoms with Crippen LogP contribution in [0.15, 0.2) is 36.4 Å². The Morgan fingerprint density at radius 1 is 1.29 bits per heavy atom. The molecule has 0 saturated heterocycles. The second-order valence-corrected chi connectivity index (χ2v) is 6.02. The van der Waals surface area contributed by atoms with Crippen molar-refractivity contribution >= 4 is 23.2 Å². The summed E-state index contributed by atoms with van der Waals surface area (Å²) < 4.78 is 0. The third-order valence-electron chi connectivity index (χ3n) is 3.32. The summed E-state index contributed by atoms with van der Waals surface area (Å²) >= 11 is 1.43. The molecule has 0 fully saturated rings. The van der Waals surface area contributed by atoms with Gasteiger partial charge in [0.05, 0.1) is 4.88 Å². The van der Waals surface area contributed by atoms with Gasteiger partial charge in [-0.1, -0.05) is 37.3 Å². The first-order valence-corrected chi connectivity index (χ1v) is 7.59. The van der Waals surface area contributed by atoms with Crippen LogP contribution in [-0.4, -0.2) is 11.8 Å². The van der Waals surface area contributed by atoms with Gasteiger partial charge in [-0.2, -0.15) is 0 Å². The van der Waals surface area contributed by atoms with Crippen molar-refractivity contribution in [3.05, 3.63) is 57.3 Å². The number of nitrogens with two attached hydrogens (primary N) is 1. The van der Waals surface area contributed by atoms with Gasteiger partial charge in [-0.05, 0) is 30.5 Å². The van der Waals surface area contributed by atoms with Crippen LogP contribution in [0, 0.1) is 6.92 Å². The van der Waals surface area contributed by atoms with Crippen LogP contribution in [0.5, 0.6) is 0 Å². The van der Waals surface area contributed by atoms with Gasteiger partial charge in [-0.15, -0.1) is 11.3 Å². The molecule has 0 aliphatic carbocycles. The maximum atomic E-state index is 12.3. The number of carbonyl (C=O) groups is 2. The van der Waals surface area contributed by atoms with Crippen molar-refractivity contribution in [2.24, 2.45) is 5.73 Å². The summed E-state index contributed by atoms with van der Waals surface area (Å²) in [5, 5.41) is 2.71. The smallest absolute Gasteiger partial charge is 0.262 e. The van der Waals surface area contributed by atoms with E-state index >= 15 is 0 Å². The summed E-state index contributed by atoms with van der Waals surface area (Å²) in [4.78, 5) is 25.6. The normalized spacial score (nSPS) is 11.9. The lowest BCUT2D eigenvalue weighted by Crippen LogP contribution is -2.37. The van der Waals surface area contributed by atoms with Gasteiger partial charge < -0.3 is 11.1 Å². The largest absolute Gasteiger partial charge is 0.368 e. The molecule has 5 heteroatoms. The molecule has 1 atom stereocenters. The molecule has 0 spiro atoms. The number of carbonyl (C=O) groups excluding carboxylic acids is 2. The maximum Gasteiger partial charge on any atom is 0.262 e. The van der Waals surface area contributed by atoms with E-state index in [1.807, 2.05) is 38.1 Å². The number of benzene rings is 1. The van der Waals surface area contributed by atoms with Crippen molar-refractivity contribution in [2.45, 2.75) is 26.3 Å². The maximum absolute atomic E-state index is 12.3. The van der Waals surface area contributed by atoms with Gasteiger partial charge in [-0.3, -0.25) is 9.59 Å². The zero-order chi connectivity index (χ0) is 15.4. The molecule has 110 valence electrons. The molecule has 2 rings (SSSR count). The first-order valence-electron chi connectivity index (χ1n) is 6.77. The molecule has 0 radical (unpaired) electrons. The molecule has 2 amide bonds. The quantitative estimate of drug-likeness (QED) is 0.891. The number of hydrogen-bond acceptors (Lipinski definition) is 3. The van der Waals surface area contributed by atoms with Gasteiger partial charge in [0.2, 0.25) is 5.91 Å². The topological polar surface area (TPSA) is 72.2 Å². The Labute approximate surface area is 128 Å². The Bertz CT molecular complexity index is 650. The standard InChI is InChI=1S/C16H18N2O2S/c1-3-11-9-13(21-10(11)2)16(20)18-14(15(17)19)12-7-5-4-6-8-12/h4-9,14H,3H2,1-2H3,(H2,17,19)(H,18,20)/t14-/m0/s1. The summed E-state index contributed by atoms with van der Waals surface area (Å²) in [6.45, 7) is 4.04. The number of hydrogen-bond donors (Lipinski definition) is 2. The summed E-state index contributed by atoms with van der Waals surface area (Å²) in [5.41, 5.74) is 7.24. The highest BCUT2D eigenvalue weighted by atomic mass is 32.1. The lowest BCUT2D eigenvalue weighted by molar-refractivity contribution is -0.120. The van der Waals surface area contributed by atoms with Crippen LogP contribution in [0.3, 0.4) is 0 Å². The SMILES string of the molecule is CCc1cc(C(=O)N[C@H](C(N)=O)c2ccccc2)sc1C. The second-order valence-electron chi connectivity index (χ2n) is 4.77.